The van der Waals surface area contributed by atoms with Crippen LogP contribution < -0.4 is 0 Å². The molecule has 1 aromatic rings. The number of thioether (sulfide) groups is 1. The second-order valence-corrected chi connectivity index (χ2v) is 5.84. The highest BCUT2D eigenvalue weighted by Gasteiger charge is 2.10. The highest BCUT2D eigenvalue weighted by molar-refractivity contribution is 9.10. The first-order chi connectivity index (χ1) is 7.50. The Hall–Kier alpha value is -0.190. The zero-order valence-corrected chi connectivity index (χ0v) is 11.9. The standard InChI is InChI=1S/C11H12BrClO2S/c1-7(11(14)15)5-16-6-8-2-3-9(12)4-10(8)13/h2-4,7H,5-6H2,1H3,(H,14,15). The van der Waals surface area contributed by atoms with E-state index in [0.29, 0.717) is 10.8 Å². The van der Waals surface area contributed by atoms with Crippen molar-refractivity contribution in [3.05, 3.63) is 33.3 Å². The fourth-order valence-electron chi connectivity index (χ4n) is 1.06. The van der Waals surface area contributed by atoms with Crippen molar-refractivity contribution in [1.82, 2.24) is 0 Å². The van der Waals surface area contributed by atoms with E-state index in [1.807, 2.05) is 18.2 Å². The molecule has 0 aliphatic rings. The highest BCUT2D eigenvalue weighted by atomic mass is 79.9. The lowest BCUT2D eigenvalue weighted by molar-refractivity contribution is -0.140. The number of benzene rings is 1. The summed E-state index contributed by atoms with van der Waals surface area (Å²) in [5.41, 5.74) is 1.03. The highest BCUT2D eigenvalue weighted by Crippen LogP contribution is 2.25. The third-order valence-corrected chi connectivity index (χ3v) is 4.16. The summed E-state index contributed by atoms with van der Waals surface area (Å²) in [6.07, 6.45) is 0. The molecule has 0 heterocycles. The van der Waals surface area contributed by atoms with Crippen LogP contribution in [0.4, 0.5) is 0 Å². The van der Waals surface area contributed by atoms with Crippen molar-refractivity contribution in [1.29, 1.82) is 0 Å². The first-order valence-corrected chi connectivity index (χ1v) is 7.07. The topological polar surface area (TPSA) is 37.3 Å². The number of carboxylic acid groups (broad SMARTS) is 1. The lowest BCUT2D eigenvalue weighted by Gasteiger charge is -2.07. The van der Waals surface area contributed by atoms with Crippen LogP contribution in [0.15, 0.2) is 22.7 Å². The van der Waals surface area contributed by atoms with E-state index in [1.54, 1.807) is 18.7 Å². The molecule has 0 aliphatic heterocycles. The first-order valence-electron chi connectivity index (χ1n) is 4.75. The van der Waals surface area contributed by atoms with Crippen LogP contribution in [0.5, 0.6) is 0 Å². The second kappa shape index (κ2) is 6.52. The molecule has 0 spiro atoms. The molecule has 0 fully saturated rings. The number of rotatable bonds is 5. The minimum atomic E-state index is -0.755. The van der Waals surface area contributed by atoms with Crippen molar-refractivity contribution in [2.45, 2.75) is 12.7 Å². The molecule has 1 unspecified atom stereocenters. The maximum absolute atomic E-state index is 10.6. The Balaban J connectivity index is 2.46. The average Bonchev–Trinajstić information content (AvgIpc) is 2.20. The molecule has 1 atom stereocenters. The van der Waals surface area contributed by atoms with Gasteiger partial charge in [0, 0.05) is 21.0 Å². The van der Waals surface area contributed by atoms with Crippen molar-refractivity contribution < 1.29 is 9.90 Å². The molecule has 0 amide bonds. The van der Waals surface area contributed by atoms with Gasteiger partial charge in [0.2, 0.25) is 0 Å². The Morgan fingerprint density at radius 2 is 2.31 bits per heavy atom. The average molecular weight is 324 g/mol. The van der Waals surface area contributed by atoms with Crippen molar-refractivity contribution in [3.63, 3.8) is 0 Å². The van der Waals surface area contributed by atoms with Crippen LogP contribution in [0.3, 0.4) is 0 Å². The molecule has 0 saturated carbocycles. The molecule has 0 saturated heterocycles. The Morgan fingerprint density at radius 3 is 2.88 bits per heavy atom. The minimum absolute atomic E-state index is 0.320. The van der Waals surface area contributed by atoms with E-state index >= 15 is 0 Å². The summed E-state index contributed by atoms with van der Waals surface area (Å²) in [5.74, 6) is 0.263. The first kappa shape index (κ1) is 13.9. The van der Waals surface area contributed by atoms with E-state index in [-0.39, 0.29) is 5.92 Å². The molecule has 2 nitrogen and oxygen atoms in total. The smallest absolute Gasteiger partial charge is 0.307 e. The van der Waals surface area contributed by atoms with Crippen LogP contribution >= 0.6 is 39.3 Å². The summed E-state index contributed by atoms with van der Waals surface area (Å²) >= 11 is 11.0. The van der Waals surface area contributed by atoms with Crippen LogP contribution in [0, 0.1) is 5.92 Å². The predicted molar refractivity (Wildman–Crippen MR) is 72.1 cm³/mol. The normalized spacial score (nSPS) is 12.4. The zero-order chi connectivity index (χ0) is 12.1. The van der Waals surface area contributed by atoms with Gasteiger partial charge in [-0.2, -0.15) is 11.8 Å². The number of hydrogen-bond acceptors (Lipinski definition) is 2. The maximum atomic E-state index is 10.6. The van der Waals surface area contributed by atoms with Gasteiger partial charge in [-0.15, -0.1) is 0 Å². The number of hydrogen-bond donors (Lipinski definition) is 1. The largest absolute Gasteiger partial charge is 0.481 e. The van der Waals surface area contributed by atoms with Gasteiger partial charge in [-0.1, -0.05) is 40.5 Å². The Kier molecular flexibility index (Phi) is 5.66. The van der Waals surface area contributed by atoms with Crippen LogP contribution in [0.2, 0.25) is 5.02 Å². The van der Waals surface area contributed by atoms with Gasteiger partial charge in [-0.25, -0.2) is 0 Å². The van der Waals surface area contributed by atoms with Gasteiger partial charge in [0.15, 0.2) is 0 Å². The molecule has 1 rings (SSSR count). The lowest BCUT2D eigenvalue weighted by Crippen LogP contribution is -2.11. The van der Waals surface area contributed by atoms with Crippen molar-refractivity contribution in [2.75, 3.05) is 5.75 Å². The number of aliphatic carboxylic acids is 1. The van der Waals surface area contributed by atoms with Crippen LogP contribution in [-0.4, -0.2) is 16.8 Å². The fourth-order valence-corrected chi connectivity index (χ4v) is 2.96. The lowest BCUT2D eigenvalue weighted by atomic mass is 10.2. The summed E-state index contributed by atoms with van der Waals surface area (Å²) < 4.78 is 0.949. The van der Waals surface area contributed by atoms with E-state index in [9.17, 15) is 4.79 Å². The second-order valence-electron chi connectivity index (χ2n) is 3.49. The van der Waals surface area contributed by atoms with E-state index in [1.165, 1.54) is 0 Å². The molecule has 5 heteroatoms. The van der Waals surface area contributed by atoms with Crippen molar-refractivity contribution in [3.8, 4) is 0 Å². The third-order valence-electron chi connectivity index (χ3n) is 2.06. The predicted octanol–water partition coefficient (Wildman–Crippen LogP) is 4.06. The molecule has 0 aliphatic carbocycles. The Bertz CT molecular complexity index is 384. The van der Waals surface area contributed by atoms with Crippen LogP contribution in [0.25, 0.3) is 0 Å². The molecule has 0 bridgehead atoms. The molecule has 1 aromatic carbocycles. The molecule has 0 aromatic heterocycles. The minimum Gasteiger partial charge on any atom is -0.481 e. The summed E-state index contributed by atoms with van der Waals surface area (Å²) in [5, 5.41) is 9.44. The summed E-state index contributed by atoms with van der Waals surface area (Å²) in [7, 11) is 0. The molecule has 16 heavy (non-hydrogen) atoms. The van der Waals surface area contributed by atoms with Crippen molar-refractivity contribution in [2.24, 2.45) is 5.92 Å². The van der Waals surface area contributed by atoms with E-state index < -0.39 is 5.97 Å². The monoisotopic (exact) mass is 322 g/mol. The van der Waals surface area contributed by atoms with Crippen LogP contribution in [-0.2, 0) is 10.5 Å². The van der Waals surface area contributed by atoms with Gasteiger partial charge >= 0.3 is 5.97 Å². The molecular formula is C11H12BrClO2S. The van der Waals surface area contributed by atoms with E-state index in [0.717, 1.165) is 15.8 Å². The van der Waals surface area contributed by atoms with E-state index in [2.05, 4.69) is 15.9 Å². The third kappa shape index (κ3) is 4.36. The number of halogens is 2. The van der Waals surface area contributed by atoms with Gasteiger partial charge in [0.05, 0.1) is 5.92 Å². The van der Waals surface area contributed by atoms with E-state index in [4.69, 9.17) is 16.7 Å². The molecule has 0 radical (unpaired) electrons. The summed E-state index contributed by atoms with van der Waals surface area (Å²) in [6.45, 7) is 1.71. The molecule has 88 valence electrons. The summed E-state index contributed by atoms with van der Waals surface area (Å²) in [4.78, 5) is 10.6. The van der Waals surface area contributed by atoms with Gasteiger partial charge in [0.1, 0.15) is 0 Å². The SMILES string of the molecule is CC(CSCc1ccc(Br)cc1Cl)C(=O)O. The maximum Gasteiger partial charge on any atom is 0.307 e. The molecule has 1 N–H and O–H groups in total. The van der Waals surface area contributed by atoms with Gasteiger partial charge < -0.3 is 5.11 Å². The Morgan fingerprint density at radius 1 is 1.62 bits per heavy atom. The van der Waals surface area contributed by atoms with Crippen LogP contribution in [0.1, 0.15) is 12.5 Å². The quantitative estimate of drug-likeness (QED) is 0.888. The zero-order valence-electron chi connectivity index (χ0n) is 8.74. The molecular weight excluding hydrogens is 312 g/mol. The van der Waals surface area contributed by atoms with Gasteiger partial charge in [-0.05, 0) is 17.7 Å². The summed E-state index contributed by atoms with van der Waals surface area (Å²) in [6, 6.07) is 5.73. The van der Waals surface area contributed by atoms with Gasteiger partial charge in [-0.3, -0.25) is 4.79 Å². The van der Waals surface area contributed by atoms with Gasteiger partial charge in [0.25, 0.3) is 0 Å². The van der Waals surface area contributed by atoms with Crippen molar-refractivity contribution >= 4 is 45.3 Å². The number of carbonyl (C=O) groups is 1. The fraction of sp³-hybridized carbons (Fsp3) is 0.364. The number of carboxylic acids is 1. The Labute approximate surface area is 113 Å².